The van der Waals surface area contributed by atoms with E-state index in [9.17, 15) is 4.79 Å². The highest BCUT2D eigenvalue weighted by Gasteiger charge is 2.38. The normalized spacial score (nSPS) is 21.2. The highest BCUT2D eigenvalue weighted by Crippen LogP contribution is 2.36. The first-order valence-corrected chi connectivity index (χ1v) is 6.28. The Balaban J connectivity index is 1.90. The van der Waals surface area contributed by atoms with E-state index in [4.69, 9.17) is 5.84 Å². The molecule has 0 aromatic rings. The fourth-order valence-electron chi connectivity index (χ4n) is 2.19. The van der Waals surface area contributed by atoms with Crippen LogP contribution in [0.2, 0.25) is 0 Å². The molecule has 2 fully saturated rings. The van der Waals surface area contributed by atoms with Crippen molar-refractivity contribution in [3.63, 3.8) is 0 Å². The summed E-state index contributed by atoms with van der Waals surface area (Å²) >= 11 is 0. The van der Waals surface area contributed by atoms with Gasteiger partial charge in [0.1, 0.15) is 0 Å². The lowest BCUT2D eigenvalue weighted by Gasteiger charge is -2.31. The van der Waals surface area contributed by atoms with Crippen LogP contribution in [0.3, 0.4) is 0 Å². The van der Waals surface area contributed by atoms with Crippen LogP contribution in [0.15, 0.2) is 0 Å². The van der Waals surface area contributed by atoms with Crippen LogP contribution in [-0.4, -0.2) is 29.9 Å². The predicted octanol–water partition coefficient (Wildman–Crippen LogP) is 0.877. The second kappa shape index (κ2) is 4.34. The van der Waals surface area contributed by atoms with Crippen molar-refractivity contribution < 1.29 is 4.79 Å². The Morgan fingerprint density at radius 2 is 2.00 bits per heavy atom. The van der Waals surface area contributed by atoms with E-state index in [2.05, 4.69) is 10.3 Å². The van der Waals surface area contributed by atoms with E-state index in [0.717, 1.165) is 18.5 Å². The summed E-state index contributed by atoms with van der Waals surface area (Å²) in [5.41, 5.74) is 1.89. The highest BCUT2D eigenvalue weighted by atomic mass is 16.2. The fraction of sp³-hybridized carbons (Fsp3) is 0.917. The van der Waals surface area contributed by atoms with E-state index >= 15 is 0 Å². The lowest BCUT2D eigenvalue weighted by Crippen LogP contribution is -2.48. The Morgan fingerprint density at radius 3 is 2.44 bits per heavy atom. The first-order chi connectivity index (χ1) is 7.53. The maximum Gasteiger partial charge on any atom is 0.240 e. The van der Waals surface area contributed by atoms with Gasteiger partial charge in [-0.1, -0.05) is 0 Å². The highest BCUT2D eigenvalue weighted by molar-refractivity contribution is 5.81. The molecule has 2 aliphatic rings. The third kappa shape index (κ3) is 2.95. The van der Waals surface area contributed by atoms with Gasteiger partial charge in [-0.15, -0.1) is 0 Å². The molecule has 92 valence electrons. The minimum atomic E-state index is -0.383. The molecule has 1 amide bonds. The third-order valence-electron chi connectivity index (χ3n) is 3.60. The van der Waals surface area contributed by atoms with Gasteiger partial charge >= 0.3 is 0 Å². The lowest BCUT2D eigenvalue weighted by molar-refractivity contribution is -0.130. The predicted molar refractivity (Wildman–Crippen MR) is 63.4 cm³/mol. The zero-order valence-corrected chi connectivity index (χ0v) is 10.3. The maximum absolute atomic E-state index is 11.7. The van der Waals surface area contributed by atoms with Crippen molar-refractivity contribution in [2.75, 3.05) is 13.1 Å². The van der Waals surface area contributed by atoms with Gasteiger partial charge in [-0.2, -0.15) is 0 Å². The minimum Gasteiger partial charge on any atom is -0.299 e. The molecule has 0 radical (unpaired) electrons. The number of nitrogens with two attached hydrogens (primary N) is 1. The fourth-order valence-corrected chi connectivity index (χ4v) is 2.19. The first-order valence-electron chi connectivity index (χ1n) is 6.28. The number of rotatable bonds is 6. The summed E-state index contributed by atoms with van der Waals surface area (Å²) in [5, 5.41) is 0. The quantitative estimate of drug-likeness (QED) is 0.401. The van der Waals surface area contributed by atoms with Gasteiger partial charge in [-0.25, -0.2) is 5.84 Å². The zero-order valence-electron chi connectivity index (χ0n) is 10.3. The smallest absolute Gasteiger partial charge is 0.240 e. The van der Waals surface area contributed by atoms with E-state index in [1.54, 1.807) is 0 Å². The largest absolute Gasteiger partial charge is 0.299 e. The molecule has 2 saturated carbocycles. The van der Waals surface area contributed by atoms with Gasteiger partial charge < -0.3 is 0 Å². The average Bonchev–Trinajstić information content (AvgIpc) is 3.06. The van der Waals surface area contributed by atoms with Crippen LogP contribution >= 0.6 is 0 Å². The Morgan fingerprint density at radius 1 is 1.38 bits per heavy atom. The van der Waals surface area contributed by atoms with E-state index < -0.39 is 0 Å². The average molecular weight is 225 g/mol. The molecule has 0 aliphatic heterocycles. The Hall–Kier alpha value is -0.610. The van der Waals surface area contributed by atoms with Crippen molar-refractivity contribution in [2.24, 2.45) is 17.2 Å². The Kier molecular flexibility index (Phi) is 3.22. The first kappa shape index (κ1) is 11.9. The number of amides is 1. The van der Waals surface area contributed by atoms with Crippen LogP contribution in [0.5, 0.6) is 0 Å². The molecule has 2 rings (SSSR count). The third-order valence-corrected chi connectivity index (χ3v) is 3.60. The second-order valence-corrected chi connectivity index (χ2v) is 5.96. The van der Waals surface area contributed by atoms with Gasteiger partial charge in [-0.3, -0.25) is 15.1 Å². The Labute approximate surface area is 97.5 Å². The van der Waals surface area contributed by atoms with E-state index in [0.29, 0.717) is 0 Å². The number of hydrazine groups is 1. The number of hydrogen-bond donors (Lipinski definition) is 2. The monoisotopic (exact) mass is 225 g/mol. The number of hydrogen-bond acceptors (Lipinski definition) is 3. The summed E-state index contributed by atoms with van der Waals surface area (Å²) in [6, 6.07) is 0.727. The van der Waals surface area contributed by atoms with Crippen molar-refractivity contribution in [1.82, 2.24) is 10.3 Å². The van der Waals surface area contributed by atoms with E-state index in [-0.39, 0.29) is 11.3 Å². The van der Waals surface area contributed by atoms with Crippen LogP contribution in [0, 0.1) is 11.3 Å². The standard InChI is InChI=1S/C12H23N3O/c1-12(2,11(16)14-13)8-15(10-5-6-10)7-9-3-4-9/h9-10H,3-8,13H2,1-2H3,(H,14,16). The van der Waals surface area contributed by atoms with Crippen molar-refractivity contribution in [3.05, 3.63) is 0 Å². The number of carbonyl (C=O) groups is 1. The number of carbonyl (C=O) groups excluding carboxylic acids is 1. The molecule has 3 N–H and O–H groups in total. The molecule has 4 heteroatoms. The van der Waals surface area contributed by atoms with E-state index in [1.807, 2.05) is 13.8 Å². The zero-order chi connectivity index (χ0) is 11.8. The van der Waals surface area contributed by atoms with Crippen molar-refractivity contribution >= 4 is 5.91 Å². The summed E-state index contributed by atoms with van der Waals surface area (Å²) < 4.78 is 0. The van der Waals surface area contributed by atoms with Gasteiger partial charge in [0.25, 0.3) is 0 Å². The van der Waals surface area contributed by atoms with E-state index in [1.165, 1.54) is 32.2 Å². The summed E-state index contributed by atoms with van der Waals surface area (Å²) in [6.45, 7) is 5.94. The minimum absolute atomic E-state index is 0.0612. The van der Waals surface area contributed by atoms with Gasteiger partial charge in [0, 0.05) is 19.1 Å². The van der Waals surface area contributed by atoms with Crippen LogP contribution < -0.4 is 11.3 Å². The molecule has 0 saturated heterocycles. The molecule has 0 heterocycles. The molecule has 16 heavy (non-hydrogen) atoms. The summed E-state index contributed by atoms with van der Waals surface area (Å²) in [6.07, 6.45) is 5.33. The summed E-state index contributed by atoms with van der Waals surface area (Å²) in [5.74, 6) is 6.05. The van der Waals surface area contributed by atoms with Gasteiger partial charge in [0.2, 0.25) is 5.91 Å². The van der Waals surface area contributed by atoms with Gasteiger partial charge in [-0.05, 0) is 45.4 Å². The molecule has 0 spiro atoms. The molecule has 2 aliphatic carbocycles. The van der Waals surface area contributed by atoms with Crippen molar-refractivity contribution in [2.45, 2.75) is 45.6 Å². The number of nitrogens with zero attached hydrogens (tertiary/aromatic N) is 1. The van der Waals surface area contributed by atoms with Crippen LogP contribution in [0.4, 0.5) is 0 Å². The van der Waals surface area contributed by atoms with Gasteiger partial charge in [0.05, 0.1) is 5.41 Å². The molecule has 4 nitrogen and oxygen atoms in total. The topological polar surface area (TPSA) is 58.4 Å². The molecule has 0 bridgehead atoms. The molecule has 0 aromatic carbocycles. The molecule has 0 unspecified atom stereocenters. The lowest BCUT2D eigenvalue weighted by atomic mass is 9.91. The van der Waals surface area contributed by atoms with Crippen LogP contribution in [-0.2, 0) is 4.79 Å². The van der Waals surface area contributed by atoms with Crippen molar-refractivity contribution in [3.8, 4) is 0 Å². The second-order valence-electron chi connectivity index (χ2n) is 5.96. The molecule has 0 atom stereocenters. The maximum atomic E-state index is 11.7. The van der Waals surface area contributed by atoms with Crippen LogP contribution in [0.25, 0.3) is 0 Å². The van der Waals surface area contributed by atoms with Crippen molar-refractivity contribution in [1.29, 1.82) is 0 Å². The number of nitrogens with one attached hydrogen (secondary N) is 1. The van der Waals surface area contributed by atoms with Gasteiger partial charge in [0.15, 0.2) is 0 Å². The van der Waals surface area contributed by atoms with Crippen LogP contribution in [0.1, 0.15) is 39.5 Å². The molecular weight excluding hydrogens is 202 g/mol. The summed E-state index contributed by atoms with van der Waals surface area (Å²) in [4.78, 5) is 14.1. The summed E-state index contributed by atoms with van der Waals surface area (Å²) in [7, 11) is 0. The molecular formula is C12H23N3O. The SMILES string of the molecule is CC(C)(CN(CC1CC1)C1CC1)C(=O)NN. The molecule has 0 aromatic heterocycles. The Bertz CT molecular complexity index is 269.